The maximum atomic E-state index is 12.7. The first kappa shape index (κ1) is 21.0. The van der Waals surface area contributed by atoms with Gasteiger partial charge in [0.15, 0.2) is 6.61 Å². The van der Waals surface area contributed by atoms with Crippen LogP contribution in [0, 0.1) is 19.8 Å². The van der Waals surface area contributed by atoms with Crippen molar-refractivity contribution in [2.24, 2.45) is 5.92 Å². The van der Waals surface area contributed by atoms with Gasteiger partial charge < -0.3 is 10.1 Å². The molecule has 0 aliphatic rings. The van der Waals surface area contributed by atoms with Gasteiger partial charge in [-0.15, -0.1) is 0 Å². The van der Waals surface area contributed by atoms with E-state index in [0.29, 0.717) is 10.7 Å². The highest BCUT2D eigenvalue weighted by atomic mass is 35.5. The lowest BCUT2D eigenvalue weighted by Crippen LogP contribution is -2.27. The van der Waals surface area contributed by atoms with Crippen LogP contribution in [0.5, 0.6) is 0 Å². The van der Waals surface area contributed by atoms with E-state index in [1.807, 2.05) is 64.1 Å². The van der Waals surface area contributed by atoms with Gasteiger partial charge in [-0.3, -0.25) is 9.59 Å². The van der Waals surface area contributed by atoms with Crippen LogP contribution in [0.3, 0.4) is 0 Å². The van der Waals surface area contributed by atoms with Crippen molar-refractivity contribution in [3.8, 4) is 0 Å². The predicted molar refractivity (Wildman–Crippen MR) is 109 cm³/mol. The number of aryl methyl sites for hydroxylation is 2. The molecule has 2 rings (SSSR count). The van der Waals surface area contributed by atoms with E-state index in [2.05, 4.69) is 5.32 Å². The molecule has 0 aromatic heterocycles. The quantitative estimate of drug-likeness (QED) is 0.658. The van der Waals surface area contributed by atoms with Crippen LogP contribution in [0.25, 0.3) is 0 Å². The molecular formula is C22H26ClNO3. The van der Waals surface area contributed by atoms with Gasteiger partial charge in [0.1, 0.15) is 0 Å². The molecule has 0 radical (unpaired) electrons. The van der Waals surface area contributed by atoms with Gasteiger partial charge in [-0.25, -0.2) is 0 Å². The number of carbonyl (C=O) groups excluding carboxylic acids is 2. The van der Waals surface area contributed by atoms with Gasteiger partial charge in [0, 0.05) is 0 Å². The van der Waals surface area contributed by atoms with Crippen molar-refractivity contribution in [1.82, 2.24) is 0 Å². The zero-order valence-electron chi connectivity index (χ0n) is 16.2. The lowest BCUT2D eigenvalue weighted by atomic mass is 9.86. The Balaban J connectivity index is 2.04. The van der Waals surface area contributed by atoms with Gasteiger partial charge in [-0.05, 0) is 42.5 Å². The zero-order chi connectivity index (χ0) is 20.0. The van der Waals surface area contributed by atoms with E-state index in [0.717, 1.165) is 23.1 Å². The molecule has 0 bridgehead atoms. The minimum atomic E-state index is -0.409. The molecule has 144 valence electrons. The van der Waals surface area contributed by atoms with E-state index >= 15 is 0 Å². The first-order valence-electron chi connectivity index (χ1n) is 9.11. The summed E-state index contributed by atoms with van der Waals surface area (Å²) < 4.78 is 5.32. The molecular weight excluding hydrogens is 362 g/mol. The SMILES string of the molecule is CC[C@H](C)[C@@H](C(=O)OCC(=O)Nc1c(C)cc(C)cc1Cl)c1ccccc1. The van der Waals surface area contributed by atoms with E-state index in [-0.39, 0.29) is 12.5 Å². The second-order valence-corrected chi connectivity index (χ2v) is 7.28. The molecule has 1 amide bonds. The van der Waals surface area contributed by atoms with Crippen molar-refractivity contribution in [1.29, 1.82) is 0 Å². The Morgan fingerprint density at radius 1 is 1.15 bits per heavy atom. The number of carbonyl (C=O) groups is 2. The van der Waals surface area contributed by atoms with Crippen LogP contribution in [-0.4, -0.2) is 18.5 Å². The van der Waals surface area contributed by atoms with Crippen molar-refractivity contribution in [3.63, 3.8) is 0 Å². The van der Waals surface area contributed by atoms with Crippen molar-refractivity contribution < 1.29 is 14.3 Å². The normalized spacial score (nSPS) is 12.9. The number of ether oxygens (including phenoxy) is 1. The summed E-state index contributed by atoms with van der Waals surface area (Å²) in [4.78, 5) is 24.9. The Kier molecular flexibility index (Phi) is 7.43. The summed E-state index contributed by atoms with van der Waals surface area (Å²) in [5, 5.41) is 3.20. The smallest absolute Gasteiger partial charge is 0.314 e. The minimum absolute atomic E-state index is 0.108. The molecule has 0 unspecified atom stereocenters. The molecule has 0 heterocycles. The standard InChI is InChI=1S/C22H26ClNO3/c1-5-15(3)20(17-9-7-6-8-10-17)22(26)27-13-19(25)24-21-16(4)11-14(2)12-18(21)23/h6-12,15,20H,5,13H2,1-4H3,(H,24,25)/t15-,20+/m0/s1. The number of hydrogen-bond donors (Lipinski definition) is 1. The second kappa shape index (κ2) is 9.56. The molecule has 0 aliphatic carbocycles. The third-order valence-electron chi connectivity index (χ3n) is 4.67. The summed E-state index contributed by atoms with van der Waals surface area (Å²) in [6.07, 6.45) is 0.832. The summed E-state index contributed by atoms with van der Waals surface area (Å²) in [6, 6.07) is 13.2. The molecule has 27 heavy (non-hydrogen) atoms. The largest absolute Gasteiger partial charge is 0.455 e. The molecule has 0 saturated heterocycles. The van der Waals surface area contributed by atoms with E-state index in [4.69, 9.17) is 16.3 Å². The van der Waals surface area contributed by atoms with Crippen LogP contribution in [0.4, 0.5) is 5.69 Å². The number of halogens is 1. The highest BCUT2D eigenvalue weighted by Crippen LogP contribution is 2.29. The van der Waals surface area contributed by atoms with Gasteiger partial charge in [0.25, 0.3) is 5.91 Å². The Bertz CT molecular complexity index is 781. The molecule has 2 atom stereocenters. The van der Waals surface area contributed by atoms with Crippen LogP contribution in [0.15, 0.2) is 42.5 Å². The van der Waals surface area contributed by atoms with Gasteiger partial charge in [0.05, 0.1) is 16.6 Å². The van der Waals surface area contributed by atoms with Gasteiger partial charge in [0.2, 0.25) is 0 Å². The van der Waals surface area contributed by atoms with E-state index < -0.39 is 17.8 Å². The second-order valence-electron chi connectivity index (χ2n) is 6.87. The number of esters is 1. The Morgan fingerprint density at radius 3 is 2.41 bits per heavy atom. The monoisotopic (exact) mass is 387 g/mol. The first-order valence-corrected chi connectivity index (χ1v) is 9.49. The Labute approximate surface area is 165 Å². The summed E-state index contributed by atoms with van der Waals surface area (Å²) in [6.45, 7) is 7.50. The highest BCUT2D eigenvalue weighted by molar-refractivity contribution is 6.34. The fourth-order valence-corrected chi connectivity index (χ4v) is 3.44. The Hall–Kier alpha value is -2.33. The number of anilines is 1. The Morgan fingerprint density at radius 2 is 1.81 bits per heavy atom. The number of amides is 1. The molecule has 1 N–H and O–H groups in total. The van der Waals surface area contributed by atoms with Crippen LogP contribution < -0.4 is 5.32 Å². The summed E-state index contributed by atoms with van der Waals surface area (Å²) in [5.74, 6) is -1.09. The van der Waals surface area contributed by atoms with Gasteiger partial charge in [-0.1, -0.05) is 68.3 Å². The topological polar surface area (TPSA) is 55.4 Å². The third-order valence-corrected chi connectivity index (χ3v) is 4.97. The van der Waals surface area contributed by atoms with E-state index in [9.17, 15) is 9.59 Å². The fourth-order valence-electron chi connectivity index (χ4n) is 3.07. The van der Waals surface area contributed by atoms with Gasteiger partial charge in [-0.2, -0.15) is 0 Å². The molecule has 0 saturated carbocycles. The highest BCUT2D eigenvalue weighted by Gasteiger charge is 2.27. The zero-order valence-corrected chi connectivity index (χ0v) is 17.0. The maximum Gasteiger partial charge on any atom is 0.314 e. The first-order chi connectivity index (χ1) is 12.8. The molecule has 0 spiro atoms. The molecule has 5 heteroatoms. The minimum Gasteiger partial charge on any atom is -0.455 e. The lowest BCUT2D eigenvalue weighted by Gasteiger charge is -2.22. The predicted octanol–water partition coefficient (Wildman–Crippen LogP) is 5.27. The summed E-state index contributed by atoms with van der Waals surface area (Å²) in [5.41, 5.74) is 3.32. The van der Waals surface area contributed by atoms with Crippen molar-refractivity contribution in [2.75, 3.05) is 11.9 Å². The van der Waals surface area contributed by atoms with E-state index in [1.54, 1.807) is 6.07 Å². The molecule has 2 aromatic carbocycles. The van der Waals surface area contributed by atoms with Crippen LogP contribution >= 0.6 is 11.6 Å². The number of benzene rings is 2. The molecule has 2 aromatic rings. The third kappa shape index (κ3) is 5.57. The van der Waals surface area contributed by atoms with Crippen LogP contribution in [0.2, 0.25) is 5.02 Å². The molecule has 0 aliphatic heterocycles. The van der Waals surface area contributed by atoms with Gasteiger partial charge >= 0.3 is 5.97 Å². The summed E-state index contributed by atoms with van der Waals surface area (Å²) >= 11 is 6.21. The van der Waals surface area contributed by atoms with Crippen molar-refractivity contribution in [2.45, 2.75) is 40.0 Å². The maximum absolute atomic E-state index is 12.7. The lowest BCUT2D eigenvalue weighted by molar-refractivity contribution is -0.150. The molecule has 0 fully saturated rings. The van der Waals surface area contributed by atoms with Crippen LogP contribution in [0.1, 0.15) is 42.9 Å². The fraction of sp³-hybridized carbons (Fsp3) is 0.364. The number of nitrogens with one attached hydrogen (secondary N) is 1. The molecule has 4 nitrogen and oxygen atoms in total. The van der Waals surface area contributed by atoms with Crippen LogP contribution in [-0.2, 0) is 14.3 Å². The van der Waals surface area contributed by atoms with E-state index in [1.165, 1.54) is 0 Å². The van der Waals surface area contributed by atoms with Crippen molar-refractivity contribution in [3.05, 3.63) is 64.2 Å². The average molecular weight is 388 g/mol. The number of hydrogen-bond acceptors (Lipinski definition) is 3. The van der Waals surface area contributed by atoms with Crippen molar-refractivity contribution >= 4 is 29.2 Å². The summed E-state index contributed by atoms with van der Waals surface area (Å²) in [7, 11) is 0. The average Bonchev–Trinajstić information content (AvgIpc) is 2.63. The number of rotatable bonds is 7.